The summed E-state index contributed by atoms with van der Waals surface area (Å²) in [6.45, 7) is 29.6. The molecule has 0 aromatic heterocycles. The highest BCUT2D eigenvalue weighted by molar-refractivity contribution is 5.91. The normalized spacial score (nSPS) is 43.0. The highest BCUT2D eigenvalue weighted by atomic mass is 16.6. The first-order valence-electron chi connectivity index (χ1n) is 28.0. The number of rotatable bonds is 14. The molecule has 0 unspecified atom stereocenters. The standard InChI is InChI=1S/C61H96O4/c1-13-42(38(3)4)17-15-40(7)50-23-25-52-48-21-19-44-35-46(27-31-58(44,9)54(48)29-33-60(50,52)11)64-56(62)37-57(63)65-47-28-32-59(10)45(36-47)20-22-49-53-26-24-51(61(53,12)34-30-55(49)59)41(8)16-18-43(14-2)39(5)6/h15-20,38-43,46-55H,13-14,21-37H2,1-12H3/b17-15+,18-16+/t40-,41-,42-,43-,46+,47+,48+,49+,50-,51-,52+,53+,54+,55+,58+,59+,60-,61-/m1/s1. The summed E-state index contributed by atoms with van der Waals surface area (Å²) in [5.41, 5.74) is 4.31. The molecule has 4 heteroatoms. The molecule has 0 aromatic carbocycles. The molecule has 65 heavy (non-hydrogen) atoms. The van der Waals surface area contributed by atoms with Gasteiger partial charge in [-0.1, -0.05) is 131 Å². The van der Waals surface area contributed by atoms with Crippen LogP contribution in [0, 0.1) is 105 Å². The smallest absolute Gasteiger partial charge is 0.317 e. The van der Waals surface area contributed by atoms with Crippen molar-refractivity contribution in [1.82, 2.24) is 0 Å². The van der Waals surface area contributed by atoms with E-state index in [-0.39, 0.29) is 29.5 Å². The van der Waals surface area contributed by atoms with Crippen LogP contribution in [0.15, 0.2) is 47.6 Å². The first-order valence-corrected chi connectivity index (χ1v) is 28.0. The van der Waals surface area contributed by atoms with E-state index < -0.39 is 11.9 Å². The maximum absolute atomic E-state index is 13.4. The molecule has 0 aromatic rings. The third-order valence-corrected chi connectivity index (χ3v) is 22.4. The zero-order chi connectivity index (χ0) is 46.6. The number of ether oxygens (including phenoxy) is 2. The molecule has 0 saturated heterocycles. The van der Waals surface area contributed by atoms with Gasteiger partial charge in [0.25, 0.3) is 0 Å². The van der Waals surface area contributed by atoms with Gasteiger partial charge in [0.1, 0.15) is 18.6 Å². The Morgan fingerprint density at radius 3 is 1.32 bits per heavy atom. The van der Waals surface area contributed by atoms with E-state index in [9.17, 15) is 9.59 Å². The largest absolute Gasteiger partial charge is 0.462 e. The molecule has 0 heterocycles. The van der Waals surface area contributed by atoms with Crippen molar-refractivity contribution >= 4 is 11.9 Å². The number of hydrogen-bond acceptors (Lipinski definition) is 4. The second-order valence-corrected chi connectivity index (χ2v) is 26.0. The maximum atomic E-state index is 13.4. The van der Waals surface area contributed by atoms with Gasteiger partial charge >= 0.3 is 11.9 Å². The van der Waals surface area contributed by atoms with Crippen LogP contribution in [0.2, 0.25) is 0 Å². The Labute approximate surface area is 398 Å². The minimum Gasteiger partial charge on any atom is -0.462 e. The Kier molecular flexibility index (Phi) is 14.7. The lowest BCUT2D eigenvalue weighted by Crippen LogP contribution is -2.51. The molecular weight excluding hydrogens is 797 g/mol. The van der Waals surface area contributed by atoms with Crippen LogP contribution in [0.5, 0.6) is 0 Å². The van der Waals surface area contributed by atoms with E-state index in [1.165, 1.54) is 88.2 Å². The molecule has 0 aliphatic heterocycles. The van der Waals surface area contributed by atoms with E-state index in [0.29, 0.717) is 46.3 Å². The summed E-state index contributed by atoms with van der Waals surface area (Å²) in [5.74, 6) is 9.42. The molecule has 0 bridgehead atoms. The summed E-state index contributed by atoms with van der Waals surface area (Å²) >= 11 is 0. The van der Waals surface area contributed by atoms with Crippen LogP contribution in [0.1, 0.15) is 205 Å². The van der Waals surface area contributed by atoms with Crippen molar-refractivity contribution in [1.29, 1.82) is 0 Å². The number of allylic oxidation sites excluding steroid dienone is 6. The van der Waals surface area contributed by atoms with Crippen molar-refractivity contribution in [2.45, 2.75) is 217 Å². The van der Waals surface area contributed by atoms with Gasteiger partial charge in [-0.05, 0) is 207 Å². The number of hydrogen-bond donors (Lipinski definition) is 0. The van der Waals surface area contributed by atoms with Crippen molar-refractivity contribution in [3.63, 3.8) is 0 Å². The molecule has 6 fully saturated rings. The van der Waals surface area contributed by atoms with E-state index in [4.69, 9.17) is 9.47 Å². The van der Waals surface area contributed by atoms with Crippen molar-refractivity contribution in [2.75, 3.05) is 0 Å². The maximum Gasteiger partial charge on any atom is 0.317 e. The highest BCUT2D eigenvalue weighted by Crippen LogP contribution is 2.69. The lowest BCUT2D eigenvalue weighted by atomic mass is 9.47. The predicted octanol–water partition coefficient (Wildman–Crippen LogP) is 16.1. The molecule has 8 aliphatic carbocycles. The number of esters is 2. The molecule has 4 nitrogen and oxygen atoms in total. The summed E-state index contributed by atoms with van der Waals surface area (Å²) in [6, 6.07) is 0. The lowest BCUT2D eigenvalue weighted by Gasteiger charge is -2.58. The number of carbonyl (C=O) groups is 2. The molecule has 8 aliphatic rings. The first-order chi connectivity index (χ1) is 30.9. The van der Waals surface area contributed by atoms with E-state index in [0.717, 1.165) is 85.9 Å². The van der Waals surface area contributed by atoms with Gasteiger partial charge in [-0.2, -0.15) is 0 Å². The predicted molar refractivity (Wildman–Crippen MR) is 269 cm³/mol. The van der Waals surface area contributed by atoms with Gasteiger partial charge in [-0.3, -0.25) is 9.59 Å². The zero-order valence-electron chi connectivity index (χ0n) is 43.8. The third kappa shape index (κ3) is 9.14. The second-order valence-electron chi connectivity index (χ2n) is 26.0. The molecule has 18 atom stereocenters. The molecule has 0 radical (unpaired) electrons. The van der Waals surface area contributed by atoms with Crippen molar-refractivity contribution in [3.8, 4) is 0 Å². The van der Waals surface area contributed by atoms with Crippen molar-refractivity contribution < 1.29 is 19.1 Å². The highest BCUT2D eigenvalue weighted by Gasteiger charge is 2.61. The van der Waals surface area contributed by atoms with E-state index in [2.05, 4.69) is 120 Å². The minimum absolute atomic E-state index is 0.137. The van der Waals surface area contributed by atoms with E-state index in [1.54, 1.807) is 0 Å². The van der Waals surface area contributed by atoms with Crippen LogP contribution in [0.25, 0.3) is 0 Å². The Morgan fingerprint density at radius 2 is 0.954 bits per heavy atom. The number of carbonyl (C=O) groups excluding carboxylic acids is 2. The Morgan fingerprint density at radius 1 is 0.554 bits per heavy atom. The van der Waals surface area contributed by atoms with Gasteiger partial charge in [0, 0.05) is 12.8 Å². The fraction of sp³-hybridized carbons (Fsp3) is 0.836. The van der Waals surface area contributed by atoms with Gasteiger partial charge in [-0.15, -0.1) is 0 Å². The zero-order valence-corrected chi connectivity index (χ0v) is 43.8. The molecule has 364 valence electrons. The Balaban J connectivity index is 0.816. The quantitative estimate of drug-likeness (QED) is 0.0990. The second kappa shape index (κ2) is 19.4. The average Bonchev–Trinajstić information content (AvgIpc) is 3.81. The Hall–Kier alpha value is -2.10. The lowest BCUT2D eigenvalue weighted by molar-refractivity contribution is -0.162. The minimum atomic E-state index is -0.402. The van der Waals surface area contributed by atoms with Gasteiger partial charge < -0.3 is 9.47 Å². The summed E-state index contributed by atoms with van der Waals surface area (Å²) in [5, 5.41) is 0. The first kappa shape index (κ1) is 49.3. The molecule has 6 saturated carbocycles. The fourth-order valence-electron chi connectivity index (χ4n) is 18.4. The van der Waals surface area contributed by atoms with E-state index in [1.807, 2.05) is 0 Å². The molecule has 8 rings (SSSR count). The van der Waals surface area contributed by atoms with Crippen LogP contribution in [0.3, 0.4) is 0 Å². The third-order valence-electron chi connectivity index (χ3n) is 22.4. The topological polar surface area (TPSA) is 52.6 Å². The van der Waals surface area contributed by atoms with Crippen LogP contribution < -0.4 is 0 Å². The molecule has 0 amide bonds. The summed E-state index contributed by atoms with van der Waals surface area (Å²) < 4.78 is 12.3. The van der Waals surface area contributed by atoms with Gasteiger partial charge in [0.2, 0.25) is 0 Å². The summed E-state index contributed by atoms with van der Waals surface area (Å²) in [6.07, 6.45) is 36.2. The Bertz CT molecular complexity index is 1700. The summed E-state index contributed by atoms with van der Waals surface area (Å²) in [4.78, 5) is 26.7. The van der Waals surface area contributed by atoms with E-state index >= 15 is 0 Å². The van der Waals surface area contributed by atoms with Crippen molar-refractivity contribution in [2.24, 2.45) is 105 Å². The van der Waals surface area contributed by atoms with Gasteiger partial charge in [0.15, 0.2) is 0 Å². The molecular formula is C61H96O4. The molecule has 0 N–H and O–H groups in total. The van der Waals surface area contributed by atoms with Crippen LogP contribution >= 0.6 is 0 Å². The average molecular weight is 893 g/mol. The van der Waals surface area contributed by atoms with Gasteiger partial charge in [-0.25, -0.2) is 0 Å². The monoisotopic (exact) mass is 893 g/mol. The van der Waals surface area contributed by atoms with Crippen LogP contribution in [0.4, 0.5) is 0 Å². The summed E-state index contributed by atoms with van der Waals surface area (Å²) in [7, 11) is 0. The van der Waals surface area contributed by atoms with Crippen LogP contribution in [-0.2, 0) is 19.1 Å². The SMILES string of the molecule is CC[C@H](/C=C/[C@@H](C)[C@H]1CC[C@H]2[C@@H]3CC=C4C[C@@H](OC(=O)CC(=O)O[C@H]5CC[C@@]6(C)C(=CC[C@H]7[C@@H]8CC[C@H]([C@H](C)/C=C/[C@@H](CC)C(C)C)[C@@]8(C)CC[C@@H]76)C5)CC[C@]4(C)[C@H]3CC[C@]12C)C(C)C. The fourth-order valence-corrected chi connectivity index (χ4v) is 18.4. The number of fused-ring (bicyclic) bond motifs is 10. The van der Waals surface area contributed by atoms with Crippen LogP contribution in [-0.4, -0.2) is 24.1 Å². The molecule has 0 spiro atoms. The van der Waals surface area contributed by atoms with Gasteiger partial charge in [0.05, 0.1) is 0 Å². The van der Waals surface area contributed by atoms with Crippen molar-refractivity contribution in [3.05, 3.63) is 47.6 Å².